The second kappa shape index (κ2) is 6.27. The van der Waals surface area contributed by atoms with Crippen molar-refractivity contribution in [3.63, 3.8) is 0 Å². The van der Waals surface area contributed by atoms with Gasteiger partial charge in [-0.25, -0.2) is 9.78 Å². The Morgan fingerprint density at radius 1 is 1.32 bits per heavy atom. The predicted octanol–water partition coefficient (Wildman–Crippen LogP) is 2.91. The molecular formula is C16H16N2O3S. The first kappa shape index (κ1) is 14.7. The molecule has 1 aliphatic rings. The summed E-state index contributed by atoms with van der Waals surface area (Å²) < 4.78 is 4.65. The summed E-state index contributed by atoms with van der Waals surface area (Å²) in [7, 11) is 1.30. The van der Waals surface area contributed by atoms with Gasteiger partial charge in [0.1, 0.15) is 11.4 Å². The molecule has 1 amide bonds. The molecule has 0 saturated carbocycles. The first-order chi connectivity index (χ1) is 10.7. The Bertz CT molecular complexity index is 684. The maximum atomic E-state index is 12.7. The normalized spacial score (nSPS) is 17.5. The molecule has 114 valence electrons. The zero-order chi connectivity index (χ0) is 15.5. The molecule has 0 N–H and O–H groups in total. The molecule has 2 aromatic heterocycles. The standard InChI is InChI=1S/C16H16N2O3S/c1-21-16(20)13-5-2-4-12(17-13)15(19)18-8-3-6-14(18)11-7-9-22-10-11/h2,4-5,7,9-10,14H,3,6,8H2,1H3/t14-/m0/s1. The number of hydrogen-bond acceptors (Lipinski definition) is 5. The smallest absolute Gasteiger partial charge is 0.356 e. The lowest BCUT2D eigenvalue weighted by molar-refractivity contribution is 0.0593. The SMILES string of the molecule is COC(=O)c1cccc(C(=O)N2CCC[C@H]2c2ccsc2)n1. The van der Waals surface area contributed by atoms with E-state index in [9.17, 15) is 9.59 Å². The fourth-order valence-electron chi connectivity index (χ4n) is 2.74. The molecule has 3 rings (SSSR count). The highest BCUT2D eigenvalue weighted by molar-refractivity contribution is 7.08. The largest absolute Gasteiger partial charge is 0.464 e. The molecule has 22 heavy (non-hydrogen) atoms. The maximum absolute atomic E-state index is 12.7. The summed E-state index contributed by atoms with van der Waals surface area (Å²) in [6.07, 6.45) is 1.93. The van der Waals surface area contributed by atoms with E-state index in [1.54, 1.807) is 29.5 Å². The van der Waals surface area contributed by atoms with Crippen LogP contribution in [-0.4, -0.2) is 35.4 Å². The molecule has 0 aliphatic carbocycles. The fraction of sp³-hybridized carbons (Fsp3) is 0.312. The van der Waals surface area contributed by atoms with Crippen LogP contribution in [0.25, 0.3) is 0 Å². The number of thiophene rings is 1. The van der Waals surface area contributed by atoms with E-state index < -0.39 is 5.97 Å². The van der Waals surface area contributed by atoms with Gasteiger partial charge in [0.15, 0.2) is 0 Å². The number of pyridine rings is 1. The number of hydrogen-bond donors (Lipinski definition) is 0. The second-order valence-corrected chi connectivity index (χ2v) is 5.89. The highest BCUT2D eigenvalue weighted by Crippen LogP contribution is 2.33. The van der Waals surface area contributed by atoms with Crippen molar-refractivity contribution >= 4 is 23.2 Å². The number of amides is 1. The summed E-state index contributed by atoms with van der Waals surface area (Å²) in [5, 5.41) is 4.10. The van der Waals surface area contributed by atoms with Gasteiger partial charge in [-0.05, 0) is 47.4 Å². The quantitative estimate of drug-likeness (QED) is 0.817. The minimum atomic E-state index is -0.537. The molecule has 1 fully saturated rings. The summed E-state index contributed by atoms with van der Waals surface area (Å²) in [6.45, 7) is 0.712. The Labute approximate surface area is 132 Å². The van der Waals surface area contributed by atoms with E-state index in [1.807, 2.05) is 10.3 Å². The van der Waals surface area contributed by atoms with Crippen LogP contribution >= 0.6 is 11.3 Å². The number of esters is 1. The van der Waals surface area contributed by atoms with Crippen LogP contribution in [0.2, 0.25) is 0 Å². The van der Waals surface area contributed by atoms with Crippen molar-refractivity contribution in [2.45, 2.75) is 18.9 Å². The highest BCUT2D eigenvalue weighted by Gasteiger charge is 2.31. The molecule has 5 nitrogen and oxygen atoms in total. The Morgan fingerprint density at radius 3 is 2.86 bits per heavy atom. The van der Waals surface area contributed by atoms with Crippen LogP contribution in [0.15, 0.2) is 35.0 Å². The molecule has 6 heteroatoms. The number of methoxy groups -OCH3 is 1. The molecule has 0 radical (unpaired) electrons. The highest BCUT2D eigenvalue weighted by atomic mass is 32.1. The van der Waals surface area contributed by atoms with Crippen molar-refractivity contribution in [2.24, 2.45) is 0 Å². The minimum Gasteiger partial charge on any atom is -0.464 e. The van der Waals surface area contributed by atoms with E-state index >= 15 is 0 Å². The topological polar surface area (TPSA) is 59.5 Å². The second-order valence-electron chi connectivity index (χ2n) is 5.11. The summed E-state index contributed by atoms with van der Waals surface area (Å²) in [4.78, 5) is 30.3. The third kappa shape index (κ3) is 2.74. The van der Waals surface area contributed by atoms with Gasteiger partial charge in [-0.3, -0.25) is 4.79 Å². The van der Waals surface area contributed by atoms with Crippen molar-refractivity contribution < 1.29 is 14.3 Å². The monoisotopic (exact) mass is 316 g/mol. The molecule has 0 unspecified atom stereocenters. The molecule has 1 aliphatic heterocycles. The van der Waals surface area contributed by atoms with E-state index in [2.05, 4.69) is 21.2 Å². The Morgan fingerprint density at radius 2 is 2.14 bits per heavy atom. The predicted molar refractivity (Wildman–Crippen MR) is 82.9 cm³/mol. The zero-order valence-corrected chi connectivity index (χ0v) is 13.0. The van der Waals surface area contributed by atoms with Gasteiger partial charge < -0.3 is 9.64 Å². The van der Waals surface area contributed by atoms with Crippen LogP contribution in [-0.2, 0) is 4.74 Å². The van der Waals surface area contributed by atoms with Crippen LogP contribution in [0.3, 0.4) is 0 Å². The van der Waals surface area contributed by atoms with E-state index in [-0.39, 0.29) is 23.3 Å². The number of likely N-dealkylation sites (tertiary alicyclic amines) is 1. The van der Waals surface area contributed by atoms with Gasteiger partial charge in [0.2, 0.25) is 0 Å². The minimum absolute atomic E-state index is 0.0994. The number of rotatable bonds is 3. The van der Waals surface area contributed by atoms with Gasteiger partial charge in [0, 0.05) is 6.54 Å². The average molecular weight is 316 g/mol. The number of carbonyl (C=O) groups excluding carboxylic acids is 2. The van der Waals surface area contributed by atoms with E-state index in [0.717, 1.165) is 12.8 Å². The maximum Gasteiger partial charge on any atom is 0.356 e. The molecule has 3 heterocycles. The number of aromatic nitrogens is 1. The lowest BCUT2D eigenvalue weighted by Gasteiger charge is -2.24. The van der Waals surface area contributed by atoms with Crippen LogP contribution in [0.1, 0.15) is 45.4 Å². The summed E-state index contributed by atoms with van der Waals surface area (Å²) in [5.74, 6) is -0.676. The van der Waals surface area contributed by atoms with Crippen LogP contribution in [0.4, 0.5) is 0 Å². The summed E-state index contributed by atoms with van der Waals surface area (Å²) >= 11 is 1.63. The number of ether oxygens (including phenoxy) is 1. The summed E-state index contributed by atoms with van der Waals surface area (Å²) in [6, 6.07) is 6.99. The fourth-order valence-corrected chi connectivity index (χ4v) is 3.45. The lowest BCUT2D eigenvalue weighted by atomic mass is 10.1. The van der Waals surface area contributed by atoms with E-state index in [0.29, 0.717) is 6.54 Å². The third-order valence-corrected chi connectivity index (χ3v) is 4.51. The number of nitrogens with zero attached hydrogens (tertiary/aromatic N) is 2. The van der Waals surface area contributed by atoms with Crippen molar-refractivity contribution in [1.82, 2.24) is 9.88 Å². The Kier molecular flexibility index (Phi) is 4.20. The van der Waals surface area contributed by atoms with Crippen molar-refractivity contribution in [1.29, 1.82) is 0 Å². The summed E-state index contributed by atoms with van der Waals surface area (Å²) in [5.41, 5.74) is 1.60. The van der Waals surface area contributed by atoms with Gasteiger partial charge in [0.25, 0.3) is 5.91 Å². The lowest BCUT2D eigenvalue weighted by Crippen LogP contribution is -2.31. The van der Waals surface area contributed by atoms with Gasteiger partial charge in [-0.1, -0.05) is 6.07 Å². The third-order valence-electron chi connectivity index (χ3n) is 3.80. The molecule has 1 saturated heterocycles. The molecule has 2 aromatic rings. The van der Waals surface area contributed by atoms with E-state index in [1.165, 1.54) is 12.7 Å². The van der Waals surface area contributed by atoms with Gasteiger partial charge in [-0.2, -0.15) is 11.3 Å². The van der Waals surface area contributed by atoms with Gasteiger partial charge in [0.05, 0.1) is 13.2 Å². The van der Waals surface area contributed by atoms with Crippen LogP contribution in [0.5, 0.6) is 0 Å². The van der Waals surface area contributed by atoms with E-state index in [4.69, 9.17) is 0 Å². The van der Waals surface area contributed by atoms with Gasteiger partial charge >= 0.3 is 5.97 Å². The first-order valence-electron chi connectivity index (χ1n) is 7.09. The molecule has 0 aromatic carbocycles. The molecular weight excluding hydrogens is 300 g/mol. The molecule has 0 bridgehead atoms. The van der Waals surface area contributed by atoms with Crippen molar-refractivity contribution in [3.05, 3.63) is 52.0 Å². The van der Waals surface area contributed by atoms with Crippen LogP contribution in [0, 0.1) is 0 Å². The number of carbonyl (C=O) groups is 2. The van der Waals surface area contributed by atoms with Gasteiger partial charge in [-0.15, -0.1) is 0 Å². The molecule has 0 spiro atoms. The first-order valence-corrected chi connectivity index (χ1v) is 8.03. The Balaban J connectivity index is 1.86. The Hall–Kier alpha value is -2.21. The van der Waals surface area contributed by atoms with Crippen LogP contribution < -0.4 is 0 Å². The van der Waals surface area contributed by atoms with Crippen molar-refractivity contribution in [2.75, 3.05) is 13.7 Å². The zero-order valence-electron chi connectivity index (χ0n) is 12.2. The molecule has 1 atom stereocenters. The van der Waals surface area contributed by atoms with Crippen molar-refractivity contribution in [3.8, 4) is 0 Å². The average Bonchev–Trinajstić information content (AvgIpc) is 3.23.